The van der Waals surface area contributed by atoms with E-state index in [2.05, 4.69) is 25.7 Å². The van der Waals surface area contributed by atoms with Gasteiger partial charge >= 0.3 is 0 Å². The van der Waals surface area contributed by atoms with Gasteiger partial charge in [-0.25, -0.2) is 9.37 Å². The van der Waals surface area contributed by atoms with E-state index in [-0.39, 0.29) is 27.9 Å². The quantitative estimate of drug-likeness (QED) is 0.597. The first kappa shape index (κ1) is 18.6. The molecule has 0 aliphatic heterocycles. The van der Waals surface area contributed by atoms with Gasteiger partial charge in [-0.05, 0) is 19.1 Å². The van der Waals surface area contributed by atoms with Crippen LogP contribution in [-0.2, 0) is 7.05 Å². The molecule has 1 amide bonds. The normalized spacial score (nSPS) is 11.9. The lowest BCUT2D eigenvalue weighted by molar-refractivity contribution is 0.100. The lowest BCUT2D eigenvalue weighted by Crippen LogP contribution is -2.19. The molecule has 1 atom stereocenters. The van der Waals surface area contributed by atoms with Gasteiger partial charge in [0.1, 0.15) is 11.6 Å². The van der Waals surface area contributed by atoms with Crippen LogP contribution in [0.4, 0.5) is 21.8 Å². The summed E-state index contributed by atoms with van der Waals surface area (Å²) in [7, 11) is 1.77. The molecule has 4 N–H and O–H groups in total. The van der Waals surface area contributed by atoms with Crippen molar-refractivity contribution in [1.29, 1.82) is 0 Å². The lowest BCUT2D eigenvalue weighted by Gasteiger charge is -2.18. The standard InChI is InChI=1S/C17H17ClFN7O/c1-9(14-12(18)4-3-5-13(14)19)23-16-11(15(20)27)7-21-17(25-16)24-10-6-22-26(2)8-10/h3-9H,1-2H3,(H2,20,27)(H2,21,23,24,25). The molecular weight excluding hydrogens is 373 g/mol. The molecule has 0 saturated carbocycles. The molecule has 10 heteroatoms. The van der Waals surface area contributed by atoms with Crippen LogP contribution in [0, 0.1) is 5.82 Å². The Labute approximate surface area is 159 Å². The van der Waals surface area contributed by atoms with Crippen LogP contribution < -0.4 is 16.4 Å². The van der Waals surface area contributed by atoms with Crippen LogP contribution in [0.25, 0.3) is 0 Å². The predicted molar refractivity (Wildman–Crippen MR) is 100 cm³/mol. The number of hydrogen-bond donors (Lipinski definition) is 3. The molecule has 0 bridgehead atoms. The van der Waals surface area contributed by atoms with Crippen molar-refractivity contribution in [2.45, 2.75) is 13.0 Å². The minimum absolute atomic E-state index is 0.0750. The molecule has 2 aromatic heterocycles. The van der Waals surface area contributed by atoms with E-state index < -0.39 is 17.8 Å². The molecule has 3 rings (SSSR count). The van der Waals surface area contributed by atoms with E-state index >= 15 is 0 Å². The number of primary amides is 1. The van der Waals surface area contributed by atoms with Crippen molar-refractivity contribution in [3.05, 3.63) is 58.8 Å². The predicted octanol–water partition coefficient (Wildman–Crippen LogP) is 3.02. The molecule has 140 valence electrons. The third kappa shape index (κ3) is 4.14. The third-order valence-electron chi connectivity index (χ3n) is 3.80. The zero-order valence-corrected chi connectivity index (χ0v) is 15.3. The largest absolute Gasteiger partial charge is 0.365 e. The number of anilines is 3. The topological polar surface area (TPSA) is 111 Å². The number of carbonyl (C=O) groups excluding carboxylic acids is 1. The van der Waals surface area contributed by atoms with Crippen LogP contribution in [0.1, 0.15) is 28.9 Å². The fraction of sp³-hybridized carbons (Fsp3) is 0.176. The number of nitrogens with zero attached hydrogens (tertiary/aromatic N) is 4. The smallest absolute Gasteiger partial charge is 0.254 e. The van der Waals surface area contributed by atoms with Gasteiger partial charge in [0.25, 0.3) is 5.91 Å². The van der Waals surface area contributed by atoms with E-state index in [0.717, 1.165) is 0 Å². The summed E-state index contributed by atoms with van der Waals surface area (Å²) < 4.78 is 15.8. The van der Waals surface area contributed by atoms with Gasteiger partial charge in [-0.3, -0.25) is 9.48 Å². The van der Waals surface area contributed by atoms with Crippen molar-refractivity contribution in [2.75, 3.05) is 10.6 Å². The molecule has 27 heavy (non-hydrogen) atoms. The minimum Gasteiger partial charge on any atom is -0.365 e. The second-order valence-corrected chi connectivity index (χ2v) is 6.26. The molecule has 2 heterocycles. The number of aromatic nitrogens is 4. The Bertz CT molecular complexity index is 971. The molecule has 1 aromatic carbocycles. The average Bonchev–Trinajstić information content (AvgIpc) is 2.99. The van der Waals surface area contributed by atoms with Gasteiger partial charge in [0, 0.05) is 30.0 Å². The van der Waals surface area contributed by atoms with Crippen LogP contribution in [0.5, 0.6) is 0 Å². The van der Waals surface area contributed by atoms with E-state index in [1.165, 1.54) is 18.3 Å². The van der Waals surface area contributed by atoms with Gasteiger partial charge in [-0.1, -0.05) is 17.7 Å². The van der Waals surface area contributed by atoms with Gasteiger partial charge in [0.15, 0.2) is 0 Å². The fourth-order valence-electron chi connectivity index (χ4n) is 2.55. The summed E-state index contributed by atoms with van der Waals surface area (Å²) in [6.45, 7) is 1.70. The Morgan fingerprint density at radius 2 is 2.15 bits per heavy atom. The third-order valence-corrected chi connectivity index (χ3v) is 4.13. The van der Waals surface area contributed by atoms with Crippen molar-refractivity contribution in [3.63, 3.8) is 0 Å². The van der Waals surface area contributed by atoms with E-state index in [9.17, 15) is 9.18 Å². The van der Waals surface area contributed by atoms with Crippen molar-refractivity contribution >= 4 is 35.0 Å². The molecule has 8 nitrogen and oxygen atoms in total. The second kappa shape index (κ2) is 7.58. The lowest BCUT2D eigenvalue weighted by atomic mass is 10.1. The first-order chi connectivity index (χ1) is 12.8. The fourth-order valence-corrected chi connectivity index (χ4v) is 2.88. The number of hydrogen-bond acceptors (Lipinski definition) is 6. The Balaban J connectivity index is 1.92. The van der Waals surface area contributed by atoms with Gasteiger partial charge in [0.2, 0.25) is 5.95 Å². The van der Waals surface area contributed by atoms with Gasteiger partial charge in [-0.2, -0.15) is 10.1 Å². The monoisotopic (exact) mass is 389 g/mol. The summed E-state index contributed by atoms with van der Waals surface area (Å²) in [5.41, 5.74) is 6.40. The second-order valence-electron chi connectivity index (χ2n) is 5.85. The highest BCUT2D eigenvalue weighted by Crippen LogP contribution is 2.29. The van der Waals surface area contributed by atoms with E-state index in [1.54, 1.807) is 37.1 Å². The number of aryl methyl sites for hydroxylation is 1. The molecule has 0 aliphatic rings. The summed E-state index contributed by atoms with van der Waals surface area (Å²) in [6, 6.07) is 3.84. The summed E-state index contributed by atoms with van der Waals surface area (Å²) in [4.78, 5) is 20.1. The molecule has 0 aliphatic carbocycles. The number of benzene rings is 1. The summed E-state index contributed by atoms with van der Waals surface area (Å²) in [6.07, 6.45) is 4.63. The Morgan fingerprint density at radius 3 is 2.78 bits per heavy atom. The first-order valence-corrected chi connectivity index (χ1v) is 8.36. The highest BCUT2D eigenvalue weighted by molar-refractivity contribution is 6.31. The van der Waals surface area contributed by atoms with E-state index in [1.807, 2.05) is 0 Å². The van der Waals surface area contributed by atoms with Crippen LogP contribution >= 0.6 is 11.6 Å². The van der Waals surface area contributed by atoms with Crippen molar-refractivity contribution in [2.24, 2.45) is 12.8 Å². The highest BCUT2D eigenvalue weighted by atomic mass is 35.5. The summed E-state index contributed by atoms with van der Waals surface area (Å²) >= 11 is 6.11. The van der Waals surface area contributed by atoms with Crippen LogP contribution in [0.15, 0.2) is 36.8 Å². The number of rotatable bonds is 6. The molecule has 3 aromatic rings. The van der Waals surface area contributed by atoms with E-state index in [0.29, 0.717) is 5.69 Å². The zero-order chi connectivity index (χ0) is 19.6. The maximum absolute atomic E-state index is 14.2. The molecule has 0 saturated heterocycles. The SMILES string of the molecule is CC(Nc1nc(Nc2cnn(C)c2)ncc1C(N)=O)c1c(F)cccc1Cl. The highest BCUT2D eigenvalue weighted by Gasteiger charge is 2.19. The van der Waals surface area contributed by atoms with Gasteiger partial charge in [-0.15, -0.1) is 0 Å². The molecule has 1 unspecified atom stereocenters. The first-order valence-electron chi connectivity index (χ1n) is 7.98. The maximum atomic E-state index is 14.2. The Hall–Kier alpha value is -3.20. The zero-order valence-electron chi connectivity index (χ0n) is 14.6. The Kier molecular flexibility index (Phi) is 5.22. The van der Waals surface area contributed by atoms with Crippen molar-refractivity contribution < 1.29 is 9.18 Å². The number of nitrogens with one attached hydrogen (secondary N) is 2. The summed E-state index contributed by atoms with van der Waals surface area (Å²) in [5, 5.41) is 10.3. The molecule has 0 spiro atoms. The van der Waals surface area contributed by atoms with Crippen molar-refractivity contribution in [1.82, 2.24) is 19.7 Å². The van der Waals surface area contributed by atoms with Crippen LogP contribution in [0.2, 0.25) is 5.02 Å². The van der Waals surface area contributed by atoms with Crippen molar-refractivity contribution in [3.8, 4) is 0 Å². The summed E-state index contributed by atoms with van der Waals surface area (Å²) in [5.74, 6) is -0.791. The number of halogens is 2. The van der Waals surface area contributed by atoms with Gasteiger partial charge in [0.05, 0.1) is 23.5 Å². The van der Waals surface area contributed by atoms with Crippen LogP contribution in [0.3, 0.4) is 0 Å². The average molecular weight is 390 g/mol. The molecular formula is C17H17ClFN7O. The number of amides is 1. The molecule has 0 radical (unpaired) electrons. The molecule has 0 fully saturated rings. The number of carbonyl (C=O) groups is 1. The van der Waals surface area contributed by atoms with E-state index in [4.69, 9.17) is 17.3 Å². The van der Waals surface area contributed by atoms with Gasteiger partial charge < -0.3 is 16.4 Å². The minimum atomic E-state index is -0.711. The number of nitrogens with two attached hydrogens (primary N) is 1. The maximum Gasteiger partial charge on any atom is 0.254 e. The Morgan fingerprint density at radius 1 is 1.37 bits per heavy atom. The van der Waals surface area contributed by atoms with Crippen LogP contribution in [-0.4, -0.2) is 25.7 Å².